The summed E-state index contributed by atoms with van der Waals surface area (Å²) in [5, 5.41) is 2.68. The number of nitrogens with one attached hydrogen (secondary N) is 1. The number of halogens is 1. The molecule has 2 aromatic rings. The molecule has 1 N–H and O–H groups in total. The van der Waals surface area contributed by atoms with Crippen LogP contribution in [0.2, 0.25) is 0 Å². The minimum atomic E-state index is -0.339. The van der Waals surface area contributed by atoms with Crippen LogP contribution in [0.25, 0.3) is 0 Å². The monoisotopic (exact) mass is 244 g/mol. The summed E-state index contributed by atoms with van der Waals surface area (Å²) in [6.45, 7) is 1.85. The third kappa shape index (κ3) is 3.38. The number of hydrogen-bond donors (Lipinski definition) is 1. The molecule has 0 aliphatic carbocycles. The van der Waals surface area contributed by atoms with E-state index in [0.717, 1.165) is 5.69 Å². The number of carbonyl (C=O) groups excluding carboxylic acids is 1. The Kier molecular flexibility index (Phi) is 3.67. The Labute approximate surface area is 105 Å². The van der Waals surface area contributed by atoms with Gasteiger partial charge in [-0.25, -0.2) is 9.37 Å². The molecule has 4 heteroatoms. The molecular weight excluding hydrogens is 231 g/mol. The number of aromatic nitrogens is 1. The van der Waals surface area contributed by atoms with Crippen molar-refractivity contribution in [2.75, 3.05) is 5.32 Å². The predicted octanol–water partition coefficient (Wildman–Crippen LogP) is 2.71. The van der Waals surface area contributed by atoms with Crippen molar-refractivity contribution in [2.45, 2.75) is 13.3 Å². The summed E-state index contributed by atoms with van der Waals surface area (Å²) >= 11 is 0. The highest BCUT2D eigenvalue weighted by Crippen LogP contribution is 2.07. The first kappa shape index (κ1) is 12.2. The summed E-state index contributed by atoms with van der Waals surface area (Å²) in [5.41, 5.74) is 1.47. The topological polar surface area (TPSA) is 42.0 Å². The number of benzene rings is 1. The molecule has 1 heterocycles. The second-order valence-electron chi connectivity index (χ2n) is 4.02. The van der Waals surface area contributed by atoms with Crippen molar-refractivity contribution in [2.24, 2.45) is 0 Å². The number of hydrogen-bond acceptors (Lipinski definition) is 2. The van der Waals surface area contributed by atoms with Crippen LogP contribution in [0.4, 0.5) is 10.2 Å². The van der Waals surface area contributed by atoms with Gasteiger partial charge in [0.2, 0.25) is 5.91 Å². The van der Waals surface area contributed by atoms with Crippen LogP contribution in [-0.2, 0) is 11.2 Å². The number of anilines is 1. The van der Waals surface area contributed by atoms with Crippen molar-refractivity contribution in [3.05, 3.63) is 59.5 Å². The van der Waals surface area contributed by atoms with Crippen molar-refractivity contribution in [3.63, 3.8) is 0 Å². The van der Waals surface area contributed by atoms with Crippen molar-refractivity contribution in [1.82, 2.24) is 4.98 Å². The fourth-order valence-electron chi connectivity index (χ4n) is 1.63. The lowest BCUT2D eigenvalue weighted by molar-refractivity contribution is -0.115. The molecule has 0 aliphatic heterocycles. The molecule has 1 aromatic heterocycles. The number of rotatable bonds is 3. The van der Waals surface area contributed by atoms with E-state index in [0.29, 0.717) is 11.4 Å². The minimum Gasteiger partial charge on any atom is -0.310 e. The Bertz CT molecular complexity index is 520. The minimum absolute atomic E-state index is 0.132. The van der Waals surface area contributed by atoms with Gasteiger partial charge in [-0.15, -0.1) is 0 Å². The zero-order chi connectivity index (χ0) is 13.0. The molecule has 0 spiro atoms. The van der Waals surface area contributed by atoms with Gasteiger partial charge < -0.3 is 5.32 Å². The molecule has 0 aliphatic rings. The van der Waals surface area contributed by atoms with Crippen LogP contribution in [0.15, 0.2) is 42.5 Å². The van der Waals surface area contributed by atoms with Crippen LogP contribution in [0.5, 0.6) is 0 Å². The van der Waals surface area contributed by atoms with Gasteiger partial charge in [0.25, 0.3) is 0 Å². The van der Waals surface area contributed by atoms with Crippen LogP contribution in [-0.4, -0.2) is 10.9 Å². The molecular formula is C14H13FN2O. The second kappa shape index (κ2) is 5.40. The summed E-state index contributed by atoms with van der Waals surface area (Å²) in [6.07, 6.45) is 0.132. The maximum atomic E-state index is 13.0. The molecule has 1 amide bonds. The third-order valence-electron chi connectivity index (χ3n) is 2.41. The quantitative estimate of drug-likeness (QED) is 0.902. The molecule has 0 radical (unpaired) electrons. The Morgan fingerprint density at radius 2 is 2.06 bits per heavy atom. The maximum Gasteiger partial charge on any atom is 0.229 e. The number of aryl methyl sites for hydroxylation is 1. The van der Waals surface area contributed by atoms with Gasteiger partial charge in [0.1, 0.15) is 11.6 Å². The van der Waals surface area contributed by atoms with Crippen molar-refractivity contribution >= 4 is 11.7 Å². The van der Waals surface area contributed by atoms with Gasteiger partial charge in [-0.1, -0.05) is 18.2 Å². The van der Waals surface area contributed by atoms with E-state index in [4.69, 9.17) is 0 Å². The Morgan fingerprint density at radius 3 is 2.78 bits per heavy atom. The van der Waals surface area contributed by atoms with Gasteiger partial charge >= 0.3 is 0 Å². The normalized spacial score (nSPS) is 10.1. The summed E-state index contributed by atoms with van der Waals surface area (Å²) in [4.78, 5) is 15.9. The van der Waals surface area contributed by atoms with Gasteiger partial charge in [0.05, 0.1) is 6.42 Å². The zero-order valence-corrected chi connectivity index (χ0v) is 9.98. The smallest absolute Gasteiger partial charge is 0.229 e. The summed E-state index contributed by atoms with van der Waals surface area (Å²) in [7, 11) is 0. The van der Waals surface area contributed by atoms with E-state index >= 15 is 0 Å². The van der Waals surface area contributed by atoms with Crippen molar-refractivity contribution in [1.29, 1.82) is 0 Å². The largest absolute Gasteiger partial charge is 0.310 e. The molecule has 0 fully saturated rings. The molecule has 0 saturated carbocycles. The molecule has 1 aromatic carbocycles. The van der Waals surface area contributed by atoms with Crippen molar-refractivity contribution < 1.29 is 9.18 Å². The first-order chi connectivity index (χ1) is 8.63. The van der Waals surface area contributed by atoms with E-state index in [-0.39, 0.29) is 18.1 Å². The van der Waals surface area contributed by atoms with Crippen LogP contribution >= 0.6 is 0 Å². The van der Waals surface area contributed by atoms with Crippen molar-refractivity contribution in [3.8, 4) is 0 Å². The van der Waals surface area contributed by atoms with E-state index in [1.807, 2.05) is 19.1 Å². The van der Waals surface area contributed by atoms with Gasteiger partial charge in [0, 0.05) is 5.69 Å². The number of amides is 1. The molecule has 0 bridgehead atoms. The summed E-state index contributed by atoms with van der Waals surface area (Å²) in [6, 6.07) is 11.4. The number of carbonyl (C=O) groups is 1. The standard InChI is InChI=1S/C14H13FN2O/c1-10-4-2-7-13(16-10)17-14(18)9-11-5-3-6-12(15)8-11/h2-8H,9H2,1H3,(H,16,17,18). The van der Waals surface area contributed by atoms with Crippen LogP contribution < -0.4 is 5.32 Å². The SMILES string of the molecule is Cc1cccc(NC(=O)Cc2cccc(F)c2)n1. The molecule has 3 nitrogen and oxygen atoms in total. The van der Waals surface area contributed by atoms with E-state index in [1.165, 1.54) is 12.1 Å². The fourth-order valence-corrected chi connectivity index (χ4v) is 1.63. The Balaban J connectivity index is 2.01. The average molecular weight is 244 g/mol. The van der Waals surface area contributed by atoms with Gasteiger partial charge in [-0.05, 0) is 36.8 Å². The van der Waals surface area contributed by atoms with Crippen LogP contribution in [0.1, 0.15) is 11.3 Å². The first-order valence-electron chi connectivity index (χ1n) is 5.61. The molecule has 92 valence electrons. The molecule has 0 atom stereocenters. The van der Waals surface area contributed by atoms with Gasteiger partial charge in [0.15, 0.2) is 0 Å². The number of pyridine rings is 1. The highest BCUT2D eigenvalue weighted by atomic mass is 19.1. The Morgan fingerprint density at radius 1 is 1.28 bits per heavy atom. The van der Waals surface area contributed by atoms with Gasteiger partial charge in [-0.3, -0.25) is 4.79 Å². The maximum absolute atomic E-state index is 13.0. The summed E-state index contributed by atoms with van der Waals surface area (Å²) in [5.74, 6) is -0.0379. The van der Waals surface area contributed by atoms with Gasteiger partial charge in [-0.2, -0.15) is 0 Å². The first-order valence-corrected chi connectivity index (χ1v) is 5.61. The lowest BCUT2D eigenvalue weighted by Gasteiger charge is -2.05. The second-order valence-corrected chi connectivity index (χ2v) is 4.02. The highest BCUT2D eigenvalue weighted by Gasteiger charge is 2.05. The van der Waals surface area contributed by atoms with E-state index in [9.17, 15) is 9.18 Å². The lowest BCUT2D eigenvalue weighted by atomic mass is 10.1. The molecule has 0 unspecified atom stereocenters. The highest BCUT2D eigenvalue weighted by molar-refractivity contribution is 5.91. The number of nitrogens with zero attached hydrogens (tertiary/aromatic N) is 1. The predicted molar refractivity (Wildman–Crippen MR) is 67.7 cm³/mol. The summed E-state index contributed by atoms with van der Waals surface area (Å²) < 4.78 is 13.0. The lowest BCUT2D eigenvalue weighted by Crippen LogP contribution is -2.15. The molecule has 2 rings (SSSR count). The van der Waals surface area contributed by atoms with Crippen LogP contribution in [0.3, 0.4) is 0 Å². The fraction of sp³-hybridized carbons (Fsp3) is 0.143. The molecule has 0 saturated heterocycles. The van der Waals surface area contributed by atoms with E-state index in [2.05, 4.69) is 10.3 Å². The van der Waals surface area contributed by atoms with Crippen LogP contribution in [0, 0.1) is 12.7 Å². The Hall–Kier alpha value is -2.23. The molecule has 18 heavy (non-hydrogen) atoms. The van der Waals surface area contributed by atoms with E-state index in [1.54, 1.807) is 18.2 Å². The third-order valence-corrected chi connectivity index (χ3v) is 2.41. The van der Waals surface area contributed by atoms with E-state index < -0.39 is 0 Å². The average Bonchev–Trinajstić information content (AvgIpc) is 2.28. The zero-order valence-electron chi connectivity index (χ0n) is 9.98.